The van der Waals surface area contributed by atoms with Gasteiger partial charge in [-0.05, 0) is 6.07 Å². The number of hydrogen-bond acceptors (Lipinski definition) is 8. The van der Waals surface area contributed by atoms with Crippen molar-refractivity contribution in [2.75, 3.05) is 39.5 Å². The molecule has 0 amide bonds. The Morgan fingerprint density at radius 2 is 1.93 bits per heavy atom. The lowest BCUT2D eigenvalue weighted by molar-refractivity contribution is -0.154. The van der Waals surface area contributed by atoms with Crippen LogP contribution in [0.25, 0.3) is 22.3 Å². The van der Waals surface area contributed by atoms with Crippen LogP contribution in [0.4, 0.5) is 13.2 Å². The van der Waals surface area contributed by atoms with Crippen molar-refractivity contribution in [3.05, 3.63) is 24.8 Å². The summed E-state index contributed by atoms with van der Waals surface area (Å²) in [6.45, 7) is 3.17. The number of morpholine rings is 1. The summed E-state index contributed by atoms with van der Waals surface area (Å²) in [5, 5.41) is 10.3. The van der Waals surface area contributed by atoms with E-state index < -0.39 is 24.7 Å². The van der Waals surface area contributed by atoms with Crippen LogP contribution in [-0.2, 0) is 11.3 Å². The fourth-order valence-electron chi connectivity index (χ4n) is 3.10. The number of alkyl halides is 3. The first-order valence-electron chi connectivity index (χ1n) is 9.26. The third-order valence-electron chi connectivity index (χ3n) is 4.59. The van der Waals surface area contributed by atoms with Crippen molar-refractivity contribution in [1.82, 2.24) is 29.4 Å². The van der Waals surface area contributed by atoms with Crippen LogP contribution < -0.4 is 4.74 Å². The number of nitrogens with zero attached hydrogens (tertiary/aromatic N) is 6. The van der Waals surface area contributed by atoms with E-state index in [0.717, 1.165) is 32.8 Å². The van der Waals surface area contributed by atoms with Crippen LogP contribution in [0.5, 0.6) is 11.9 Å². The maximum Gasteiger partial charge on any atom is 0.422 e. The van der Waals surface area contributed by atoms with Gasteiger partial charge in [0.05, 0.1) is 24.9 Å². The molecule has 1 saturated heterocycles. The number of hydrogen-bond donors (Lipinski definition) is 1. The SMILES string of the molecule is Oc1nc(OCC(F)(F)F)nc2c(-c3cn(CCN4CCOCC4)cn3)nccc12. The summed E-state index contributed by atoms with van der Waals surface area (Å²) in [6.07, 6.45) is 0.324. The highest BCUT2D eigenvalue weighted by atomic mass is 19.4. The van der Waals surface area contributed by atoms with Gasteiger partial charge in [0.15, 0.2) is 6.61 Å². The van der Waals surface area contributed by atoms with Crippen molar-refractivity contribution in [2.24, 2.45) is 0 Å². The normalized spacial score (nSPS) is 15.6. The number of aromatic nitrogens is 5. The molecule has 3 aromatic rings. The maximum absolute atomic E-state index is 12.4. The zero-order valence-corrected chi connectivity index (χ0v) is 15.8. The highest BCUT2D eigenvalue weighted by Gasteiger charge is 2.29. The molecule has 1 aliphatic heterocycles. The molecule has 0 aliphatic carbocycles. The summed E-state index contributed by atoms with van der Waals surface area (Å²) in [5.74, 6) is -0.493. The second kappa shape index (κ2) is 8.40. The fraction of sp³-hybridized carbons (Fsp3) is 0.444. The standard InChI is InChI=1S/C18H19F3N6O3/c19-18(20,21)10-30-17-24-14-12(16(28)25-17)1-2-22-15(14)13-9-27(11-23-13)4-3-26-5-7-29-8-6-26/h1-2,9,11H,3-8,10H2,(H,24,25,28). The minimum atomic E-state index is -4.55. The Hall–Kier alpha value is -2.99. The molecule has 4 rings (SSSR count). The minimum absolute atomic E-state index is 0.153. The van der Waals surface area contributed by atoms with Crippen LogP contribution in [0.1, 0.15) is 0 Å². The maximum atomic E-state index is 12.4. The van der Waals surface area contributed by atoms with Gasteiger partial charge in [-0.25, -0.2) is 4.98 Å². The predicted molar refractivity (Wildman–Crippen MR) is 99.0 cm³/mol. The van der Waals surface area contributed by atoms with Crippen LogP contribution in [0.2, 0.25) is 0 Å². The third-order valence-corrected chi connectivity index (χ3v) is 4.59. The Morgan fingerprint density at radius 1 is 1.13 bits per heavy atom. The lowest BCUT2D eigenvalue weighted by Gasteiger charge is -2.26. The average Bonchev–Trinajstić information content (AvgIpc) is 3.19. The highest BCUT2D eigenvalue weighted by Crippen LogP contribution is 2.30. The van der Waals surface area contributed by atoms with E-state index in [1.54, 1.807) is 12.5 Å². The van der Waals surface area contributed by atoms with Crippen LogP contribution in [-0.4, -0.2) is 80.1 Å². The molecule has 0 bridgehead atoms. The predicted octanol–water partition coefficient (Wildman–Crippen LogP) is 1.87. The van der Waals surface area contributed by atoms with Crippen molar-refractivity contribution < 1.29 is 27.8 Å². The minimum Gasteiger partial charge on any atom is -0.493 e. The Morgan fingerprint density at radius 3 is 2.70 bits per heavy atom. The Kier molecular flexibility index (Phi) is 5.68. The van der Waals surface area contributed by atoms with Gasteiger partial charge in [0.25, 0.3) is 0 Å². The molecule has 12 heteroatoms. The largest absolute Gasteiger partial charge is 0.493 e. The van der Waals surface area contributed by atoms with Crippen molar-refractivity contribution in [2.45, 2.75) is 12.7 Å². The molecule has 1 N–H and O–H groups in total. The van der Waals surface area contributed by atoms with Crippen molar-refractivity contribution >= 4 is 10.9 Å². The Balaban J connectivity index is 1.57. The van der Waals surface area contributed by atoms with E-state index in [2.05, 4.69) is 29.6 Å². The van der Waals surface area contributed by atoms with Gasteiger partial charge in [0, 0.05) is 38.6 Å². The van der Waals surface area contributed by atoms with Crippen molar-refractivity contribution in [3.8, 4) is 23.3 Å². The molecule has 0 radical (unpaired) electrons. The fourth-order valence-corrected chi connectivity index (χ4v) is 3.10. The van der Waals surface area contributed by atoms with Crippen LogP contribution in [0.15, 0.2) is 24.8 Å². The summed E-state index contributed by atoms with van der Waals surface area (Å²) >= 11 is 0. The number of pyridine rings is 1. The van der Waals surface area contributed by atoms with E-state index in [4.69, 9.17) is 4.74 Å². The van der Waals surface area contributed by atoms with Gasteiger partial charge < -0.3 is 19.1 Å². The third kappa shape index (κ3) is 4.76. The lowest BCUT2D eigenvalue weighted by Crippen LogP contribution is -2.38. The molecule has 160 valence electrons. The zero-order valence-electron chi connectivity index (χ0n) is 15.8. The number of ether oxygens (including phenoxy) is 2. The van der Waals surface area contributed by atoms with E-state index in [1.165, 1.54) is 12.3 Å². The van der Waals surface area contributed by atoms with E-state index in [-0.39, 0.29) is 10.9 Å². The lowest BCUT2D eigenvalue weighted by atomic mass is 10.2. The molecule has 0 spiro atoms. The Bertz CT molecular complexity index is 1020. The summed E-state index contributed by atoms with van der Waals surface area (Å²) in [5.41, 5.74) is 0.940. The van der Waals surface area contributed by atoms with Gasteiger partial charge in [-0.3, -0.25) is 9.88 Å². The van der Waals surface area contributed by atoms with E-state index in [0.29, 0.717) is 17.9 Å². The summed E-state index contributed by atoms with van der Waals surface area (Å²) in [6, 6.07) is 0.884. The first-order valence-corrected chi connectivity index (χ1v) is 9.26. The van der Waals surface area contributed by atoms with Crippen molar-refractivity contribution in [1.29, 1.82) is 0 Å². The van der Waals surface area contributed by atoms with E-state index in [9.17, 15) is 18.3 Å². The van der Waals surface area contributed by atoms with Crippen molar-refractivity contribution in [3.63, 3.8) is 0 Å². The summed E-state index contributed by atoms with van der Waals surface area (Å²) in [4.78, 5) is 18.5. The topological polar surface area (TPSA) is 98.4 Å². The van der Waals surface area contributed by atoms with Crippen LogP contribution >= 0.6 is 0 Å². The zero-order chi connectivity index (χ0) is 21.1. The quantitative estimate of drug-likeness (QED) is 0.641. The molecule has 0 unspecified atom stereocenters. The molecule has 30 heavy (non-hydrogen) atoms. The molecule has 1 aliphatic rings. The molecule has 4 heterocycles. The number of halogens is 3. The molecule has 3 aromatic heterocycles. The molecule has 1 fully saturated rings. The second-order valence-electron chi connectivity index (χ2n) is 6.74. The van der Waals surface area contributed by atoms with Gasteiger partial charge >= 0.3 is 12.2 Å². The first kappa shape index (κ1) is 20.3. The molecule has 0 saturated carbocycles. The summed E-state index contributed by atoms with van der Waals surface area (Å²) < 4.78 is 49.1. The van der Waals surface area contributed by atoms with Gasteiger partial charge in [-0.1, -0.05) is 0 Å². The van der Waals surface area contributed by atoms with Crippen LogP contribution in [0, 0.1) is 0 Å². The molecule has 0 atom stereocenters. The monoisotopic (exact) mass is 424 g/mol. The Labute approximate surface area is 169 Å². The number of aromatic hydroxyl groups is 1. The van der Waals surface area contributed by atoms with Gasteiger partial charge in [-0.15, -0.1) is 0 Å². The van der Waals surface area contributed by atoms with E-state index >= 15 is 0 Å². The van der Waals surface area contributed by atoms with Gasteiger partial charge in [0.1, 0.15) is 16.9 Å². The smallest absolute Gasteiger partial charge is 0.422 e. The highest BCUT2D eigenvalue weighted by molar-refractivity contribution is 5.93. The van der Waals surface area contributed by atoms with Gasteiger partial charge in [-0.2, -0.15) is 23.1 Å². The molecular formula is C18H19F3N6O3. The second-order valence-corrected chi connectivity index (χ2v) is 6.74. The number of rotatable bonds is 6. The summed E-state index contributed by atoms with van der Waals surface area (Å²) in [7, 11) is 0. The first-order chi connectivity index (χ1) is 14.4. The molecule has 9 nitrogen and oxygen atoms in total. The van der Waals surface area contributed by atoms with Crippen LogP contribution in [0.3, 0.4) is 0 Å². The average molecular weight is 424 g/mol. The number of fused-ring (bicyclic) bond motifs is 1. The van der Waals surface area contributed by atoms with E-state index in [1.807, 2.05) is 4.57 Å². The van der Waals surface area contributed by atoms with Gasteiger partial charge in [0.2, 0.25) is 5.88 Å². The molecule has 0 aromatic carbocycles. The number of imidazole rings is 1. The molecular weight excluding hydrogens is 405 g/mol.